The average Bonchev–Trinajstić information content (AvgIpc) is 2.77. The Bertz CT molecular complexity index is 386. The van der Waals surface area contributed by atoms with E-state index in [0.29, 0.717) is 18.0 Å². The van der Waals surface area contributed by atoms with E-state index in [9.17, 15) is 4.39 Å². The van der Waals surface area contributed by atoms with E-state index in [-0.39, 0.29) is 11.9 Å². The first-order valence-corrected chi connectivity index (χ1v) is 6.42. The molecule has 2 rings (SSSR count). The maximum atomic E-state index is 13.6. The summed E-state index contributed by atoms with van der Waals surface area (Å²) in [5.41, 5.74) is 6.69. The van der Waals surface area contributed by atoms with E-state index in [0.717, 1.165) is 26.1 Å². The number of likely N-dealkylation sites (tertiary alicyclic amines) is 1. The molecule has 0 bridgehead atoms. The molecular formula is C14H21FN2O. The molecule has 0 radical (unpaired) electrons. The van der Waals surface area contributed by atoms with Crippen LogP contribution < -0.4 is 5.73 Å². The van der Waals surface area contributed by atoms with Gasteiger partial charge in [-0.3, -0.25) is 0 Å². The zero-order valence-electron chi connectivity index (χ0n) is 10.8. The van der Waals surface area contributed by atoms with Gasteiger partial charge in [-0.25, -0.2) is 4.39 Å². The number of hydrogen-bond acceptors (Lipinski definition) is 3. The molecule has 1 saturated heterocycles. The van der Waals surface area contributed by atoms with Gasteiger partial charge in [0.2, 0.25) is 0 Å². The second kappa shape index (κ2) is 6.27. The van der Waals surface area contributed by atoms with Crippen molar-refractivity contribution >= 4 is 0 Å². The number of nitrogens with zero attached hydrogens (tertiary/aromatic N) is 1. The number of ether oxygens (including phenoxy) is 1. The quantitative estimate of drug-likeness (QED) is 0.868. The summed E-state index contributed by atoms with van der Waals surface area (Å²) in [4.78, 5) is 2.29. The molecule has 2 atom stereocenters. The first-order chi connectivity index (χ1) is 8.70. The lowest BCUT2D eigenvalue weighted by Gasteiger charge is -2.21. The smallest absolute Gasteiger partial charge is 0.128 e. The minimum atomic E-state index is -0.257. The summed E-state index contributed by atoms with van der Waals surface area (Å²) >= 11 is 0. The number of nitrogens with two attached hydrogens (primary N) is 1. The highest BCUT2D eigenvalue weighted by Gasteiger charge is 2.24. The van der Waals surface area contributed by atoms with E-state index < -0.39 is 0 Å². The zero-order valence-corrected chi connectivity index (χ0v) is 10.8. The van der Waals surface area contributed by atoms with Crippen LogP contribution in [0.3, 0.4) is 0 Å². The summed E-state index contributed by atoms with van der Waals surface area (Å²) in [6, 6.07) is 6.49. The monoisotopic (exact) mass is 252 g/mol. The van der Waals surface area contributed by atoms with Crippen LogP contribution in [-0.2, 0) is 4.74 Å². The van der Waals surface area contributed by atoms with Crippen molar-refractivity contribution in [2.24, 2.45) is 11.7 Å². The molecule has 18 heavy (non-hydrogen) atoms. The lowest BCUT2D eigenvalue weighted by Crippen LogP contribution is -2.31. The molecule has 0 aromatic heterocycles. The van der Waals surface area contributed by atoms with Crippen molar-refractivity contribution in [3.8, 4) is 0 Å². The lowest BCUT2D eigenvalue weighted by atomic mass is 10.1. The normalized spacial score (nSPS) is 22.3. The minimum Gasteiger partial charge on any atom is -0.384 e. The third kappa shape index (κ3) is 3.28. The molecule has 0 spiro atoms. The van der Waals surface area contributed by atoms with E-state index in [1.165, 1.54) is 6.07 Å². The van der Waals surface area contributed by atoms with Gasteiger partial charge in [-0.15, -0.1) is 0 Å². The summed E-state index contributed by atoms with van der Waals surface area (Å²) in [6.45, 7) is 3.53. The Morgan fingerprint density at radius 3 is 3.00 bits per heavy atom. The third-order valence-corrected chi connectivity index (χ3v) is 3.53. The Kier molecular flexibility index (Phi) is 4.69. The van der Waals surface area contributed by atoms with Gasteiger partial charge in [0.1, 0.15) is 5.82 Å². The molecule has 4 heteroatoms. The van der Waals surface area contributed by atoms with Gasteiger partial charge in [0.15, 0.2) is 0 Å². The van der Waals surface area contributed by atoms with Crippen LogP contribution in [0, 0.1) is 11.7 Å². The Morgan fingerprint density at radius 2 is 2.28 bits per heavy atom. The van der Waals surface area contributed by atoms with E-state index in [2.05, 4.69) is 4.90 Å². The molecular weight excluding hydrogens is 231 g/mol. The molecule has 0 aliphatic carbocycles. The van der Waals surface area contributed by atoms with Crippen molar-refractivity contribution in [1.29, 1.82) is 0 Å². The highest BCUT2D eigenvalue weighted by Crippen LogP contribution is 2.21. The molecule has 1 aliphatic rings. The SMILES string of the molecule is COCC1CCN(CC(N)c2ccccc2F)C1. The number of benzene rings is 1. The van der Waals surface area contributed by atoms with Gasteiger partial charge in [-0.1, -0.05) is 18.2 Å². The highest BCUT2D eigenvalue weighted by atomic mass is 19.1. The number of methoxy groups -OCH3 is 1. The number of halogens is 1. The molecule has 1 aromatic rings. The fourth-order valence-corrected chi connectivity index (χ4v) is 2.60. The van der Waals surface area contributed by atoms with Crippen molar-refractivity contribution in [3.63, 3.8) is 0 Å². The molecule has 2 unspecified atom stereocenters. The van der Waals surface area contributed by atoms with Crippen molar-refractivity contribution in [1.82, 2.24) is 4.90 Å². The number of rotatable bonds is 5. The Labute approximate surface area is 108 Å². The fraction of sp³-hybridized carbons (Fsp3) is 0.571. The van der Waals surface area contributed by atoms with Gasteiger partial charge in [-0.2, -0.15) is 0 Å². The molecule has 100 valence electrons. The van der Waals surface area contributed by atoms with Crippen LogP contribution in [0.15, 0.2) is 24.3 Å². The molecule has 1 aromatic carbocycles. The van der Waals surface area contributed by atoms with Gasteiger partial charge in [0.25, 0.3) is 0 Å². The second-order valence-electron chi connectivity index (χ2n) is 5.00. The van der Waals surface area contributed by atoms with Crippen molar-refractivity contribution in [3.05, 3.63) is 35.6 Å². The number of hydrogen-bond donors (Lipinski definition) is 1. The Hall–Kier alpha value is -0.970. The minimum absolute atomic E-state index is 0.211. The van der Waals surface area contributed by atoms with Gasteiger partial charge in [-0.05, 0) is 24.9 Å². The van der Waals surface area contributed by atoms with Gasteiger partial charge in [0, 0.05) is 31.8 Å². The van der Waals surface area contributed by atoms with Crippen molar-refractivity contribution in [2.75, 3.05) is 33.4 Å². The van der Waals surface area contributed by atoms with Crippen molar-refractivity contribution in [2.45, 2.75) is 12.5 Å². The van der Waals surface area contributed by atoms with Gasteiger partial charge >= 0.3 is 0 Å². The van der Waals surface area contributed by atoms with Crippen LogP contribution in [0.1, 0.15) is 18.0 Å². The van der Waals surface area contributed by atoms with E-state index in [1.807, 2.05) is 6.07 Å². The second-order valence-corrected chi connectivity index (χ2v) is 5.00. The molecule has 0 amide bonds. The van der Waals surface area contributed by atoms with Gasteiger partial charge < -0.3 is 15.4 Å². The predicted octanol–water partition coefficient (Wildman–Crippen LogP) is 1.79. The first kappa shape index (κ1) is 13.5. The van der Waals surface area contributed by atoms with E-state index in [4.69, 9.17) is 10.5 Å². The maximum Gasteiger partial charge on any atom is 0.128 e. The molecule has 3 nitrogen and oxygen atoms in total. The van der Waals surface area contributed by atoms with Crippen LogP contribution in [-0.4, -0.2) is 38.3 Å². The Balaban J connectivity index is 1.89. The summed E-state index contributed by atoms with van der Waals surface area (Å²) < 4.78 is 18.8. The first-order valence-electron chi connectivity index (χ1n) is 6.42. The summed E-state index contributed by atoms with van der Waals surface area (Å²) in [5.74, 6) is 0.375. The van der Waals surface area contributed by atoms with Crippen LogP contribution >= 0.6 is 0 Å². The standard InChI is InChI=1S/C14H21FN2O/c1-18-10-11-6-7-17(8-11)9-14(16)12-4-2-3-5-13(12)15/h2-5,11,14H,6-10,16H2,1H3. The highest BCUT2D eigenvalue weighted by molar-refractivity contribution is 5.21. The molecule has 1 aliphatic heterocycles. The third-order valence-electron chi connectivity index (χ3n) is 3.53. The van der Waals surface area contributed by atoms with Crippen LogP contribution in [0.5, 0.6) is 0 Å². The van der Waals surface area contributed by atoms with Gasteiger partial charge in [0.05, 0.1) is 6.61 Å². The van der Waals surface area contributed by atoms with Crippen LogP contribution in [0.4, 0.5) is 4.39 Å². The molecule has 1 fully saturated rings. The summed E-state index contributed by atoms with van der Waals surface area (Å²) in [7, 11) is 1.73. The lowest BCUT2D eigenvalue weighted by molar-refractivity contribution is 0.152. The largest absolute Gasteiger partial charge is 0.384 e. The molecule has 2 N–H and O–H groups in total. The van der Waals surface area contributed by atoms with Crippen LogP contribution in [0.25, 0.3) is 0 Å². The molecule has 1 heterocycles. The predicted molar refractivity (Wildman–Crippen MR) is 69.8 cm³/mol. The van der Waals surface area contributed by atoms with Crippen molar-refractivity contribution < 1.29 is 9.13 Å². The summed E-state index contributed by atoms with van der Waals surface area (Å²) in [5, 5.41) is 0. The van der Waals surface area contributed by atoms with E-state index >= 15 is 0 Å². The molecule has 0 saturated carbocycles. The topological polar surface area (TPSA) is 38.5 Å². The maximum absolute atomic E-state index is 13.6. The van der Waals surface area contributed by atoms with E-state index in [1.54, 1.807) is 19.2 Å². The average molecular weight is 252 g/mol. The fourth-order valence-electron chi connectivity index (χ4n) is 2.60. The summed E-state index contributed by atoms with van der Waals surface area (Å²) in [6.07, 6.45) is 1.14. The van der Waals surface area contributed by atoms with Crippen LogP contribution in [0.2, 0.25) is 0 Å². The zero-order chi connectivity index (χ0) is 13.0. The Morgan fingerprint density at radius 1 is 1.50 bits per heavy atom.